The Bertz CT molecular complexity index is 1460. The average Bonchev–Trinajstić information content (AvgIpc) is 3.28. The number of alkyl halides is 3. The Kier molecular flexibility index (Phi) is 5.25. The summed E-state index contributed by atoms with van der Waals surface area (Å²) in [6, 6.07) is 15.8. The van der Waals surface area contributed by atoms with E-state index in [1.54, 1.807) is 30.3 Å². The number of aromatic nitrogens is 5. The van der Waals surface area contributed by atoms with Crippen molar-refractivity contribution in [1.82, 2.24) is 24.9 Å². The van der Waals surface area contributed by atoms with Gasteiger partial charge in [0.05, 0.1) is 11.0 Å². The van der Waals surface area contributed by atoms with Crippen LogP contribution in [0.5, 0.6) is 11.6 Å². The van der Waals surface area contributed by atoms with Gasteiger partial charge in [0, 0.05) is 29.7 Å². The lowest BCUT2D eigenvalue weighted by atomic mass is 10.1. The zero-order valence-corrected chi connectivity index (χ0v) is 17.2. The number of hydrogen-bond acceptors (Lipinski definition) is 6. The molecule has 5 aromatic rings. The number of ether oxygens (including phenoxy) is 1. The molecule has 5 rings (SSSR count). The van der Waals surface area contributed by atoms with Crippen molar-refractivity contribution in [1.29, 1.82) is 0 Å². The van der Waals surface area contributed by atoms with Crippen LogP contribution in [0.4, 0.5) is 13.2 Å². The second-order valence-corrected chi connectivity index (χ2v) is 7.20. The van der Waals surface area contributed by atoms with Crippen molar-refractivity contribution in [3.63, 3.8) is 0 Å². The van der Waals surface area contributed by atoms with Crippen LogP contribution in [0.1, 0.15) is 21.9 Å². The van der Waals surface area contributed by atoms with Gasteiger partial charge in [-0.2, -0.15) is 13.2 Å². The minimum Gasteiger partial charge on any atom is -0.437 e. The number of ketones is 1. The number of hydrogen-bond donors (Lipinski definition) is 1. The molecule has 0 radical (unpaired) electrons. The van der Waals surface area contributed by atoms with E-state index in [4.69, 9.17) is 4.74 Å². The summed E-state index contributed by atoms with van der Waals surface area (Å²) in [5.74, 6) is 0.259. The van der Waals surface area contributed by atoms with Crippen LogP contribution < -0.4 is 4.74 Å². The molecule has 3 heterocycles. The van der Waals surface area contributed by atoms with Crippen molar-refractivity contribution >= 4 is 16.8 Å². The standard InChI is InChI=1S/C24H14F3N5O2/c25-24(26,27)19-13-15(9-10-28-19)20-23(30-12-11-29-20)34-16-7-5-14(6-8-16)21(33)22-31-17-3-1-2-4-18(17)32-22/h1-13H,(H,31,32). The molecule has 0 saturated heterocycles. The maximum Gasteiger partial charge on any atom is 0.433 e. The van der Waals surface area contributed by atoms with Crippen LogP contribution in [-0.4, -0.2) is 30.7 Å². The predicted octanol–water partition coefficient (Wildman–Crippen LogP) is 5.46. The number of carbonyl (C=O) groups is 1. The van der Waals surface area contributed by atoms with Crippen LogP contribution in [0.3, 0.4) is 0 Å². The molecule has 0 spiro atoms. The number of H-pyrrole nitrogens is 1. The average molecular weight is 461 g/mol. The molecule has 168 valence electrons. The SMILES string of the molecule is O=C(c1ccc(Oc2nccnc2-c2ccnc(C(F)(F)F)c2)cc1)c1nc2ccccc2[nH]1. The lowest BCUT2D eigenvalue weighted by molar-refractivity contribution is -0.141. The number of pyridine rings is 1. The first-order chi connectivity index (χ1) is 16.4. The smallest absolute Gasteiger partial charge is 0.433 e. The van der Waals surface area contributed by atoms with Crippen molar-refractivity contribution in [3.8, 4) is 22.9 Å². The molecule has 2 aromatic carbocycles. The fourth-order valence-corrected chi connectivity index (χ4v) is 3.31. The Hall–Kier alpha value is -4.60. The van der Waals surface area contributed by atoms with E-state index in [1.165, 1.54) is 18.5 Å². The summed E-state index contributed by atoms with van der Waals surface area (Å²) in [6.45, 7) is 0. The summed E-state index contributed by atoms with van der Waals surface area (Å²) < 4.78 is 44.9. The highest BCUT2D eigenvalue weighted by molar-refractivity contribution is 6.08. The second kappa shape index (κ2) is 8.39. The summed E-state index contributed by atoms with van der Waals surface area (Å²) in [5.41, 5.74) is 1.06. The molecule has 0 amide bonds. The maximum atomic E-state index is 13.1. The third kappa shape index (κ3) is 4.20. The van der Waals surface area contributed by atoms with Gasteiger partial charge in [0.15, 0.2) is 5.82 Å². The molecule has 0 saturated carbocycles. The monoisotopic (exact) mass is 461 g/mol. The molecular weight excluding hydrogens is 447 g/mol. The van der Waals surface area contributed by atoms with Gasteiger partial charge in [0.2, 0.25) is 11.7 Å². The summed E-state index contributed by atoms with van der Waals surface area (Å²) in [5, 5.41) is 0. The molecule has 0 fully saturated rings. The van der Waals surface area contributed by atoms with E-state index in [0.29, 0.717) is 16.8 Å². The maximum absolute atomic E-state index is 13.1. The molecule has 0 aliphatic carbocycles. The highest BCUT2D eigenvalue weighted by Gasteiger charge is 2.32. The summed E-state index contributed by atoms with van der Waals surface area (Å²) in [6.07, 6.45) is -0.828. The van der Waals surface area contributed by atoms with Crippen molar-refractivity contribution in [2.75, 3.05) is 0 Å². The quantitative estimate of drug-likeness (QED) is 0.350. The van der Waals surface area contributed by atoms with E-state index >= 15 is 0 Å². The number of nitrogens with one attached hydrogen (secondary N) is 1. The van der Waals surface area contributed by atoms with E-state index in [0.717, 1.165) is 17.8 Å². The highest BCUT2D eigenvalue weighted by Crippen LogP contribution is 2.33. The van der Waals surface area contributed by atoms with Gasteiger partial charge in [-0.25, -0.2) is 15.0 Å². The van der Waals surface area contributed by atoms with Crippen molar-refractivity contribution in [3.05, 3.63) is 96.3 Å². The van der Waals surface area contributed by atoms with Crippen LogP contribution in [0, 0.1) is 0 Å². The molecule has 10 heteroatoms. The van der Waals surface area contributed by atoms with E-state index in [-0.39, 0.29) is 28.7 Å². The molecule has 3 aromatic heterocycles. The lowest BCUT2D eigenvalue weighted by Crippen LogP contribution is -2.07. The third-order valence-electron chi connectivity index (χ3n) is 4.92. The van der Waals surface area contributed by atoms with Crippen LogP contribution in [-0.2, 0) is 6.18 Å². The van der Waals surface area contributed by atoms with Crippen LogP contribution in [0.15, 0.2) is 79.3 Å². The fourth-order valence-electron chi connectivity index (χ4n) is 3.31. The number of fused-ring (bicyclic) bond motifs is 1. The van der Waals surface area contributed by atoms with Gasteiger partial charge in [-0.1, -0.05) is 12.1 Å². The molecule has 0 aliphatic heterocycles. The predicted molar refractivity (Wildman–Crippen MR) is 116 cm³/mol. The number of para-hydroxylation sites is 2. The van der Waals surface area contributed by atoms with Crippen molar-refractivity contribution in [2.24, 2.45) is 0 Å². The number of aromatic amines is 1. The molecule has 0 bridgehead atoms. The first kappa shape index (κ1) is 21.3. The first-order valence-electron chi connectivity index (χ1n) is 10.0. The third-order valence-corrected chi connectivity index (χ3v) is 4.92. The van der Waals surface area contributed by atoms with Crippen LogP contribution >= 0.6 is 0 Å². The van der Waals surface area contributed by atoms with Crippen molar-refractivity contribution < 1.29 is 22.7 Å². The Balaban J connectivity index is 1.39. The Morgan fingerprint density at radius 3 is 2.41 bits per heavy atom. The number of halogens is 3. The molecule has 0 atom stereocenters. The van der Waals surface area contributed by atoms with E-state index in [9.17, 15) is 18.0 Å². The molecule has 0 unspecified atom stereocenters. The minimum absolute atomic E-state index is 0.0122. The summed E-state index contributed by atoms with van der Waals surface area (Å²) in [7, 11) is 0. The molecule has 0 aliphatic rings. The number of imidazole rings is 1. The molecular formula is C24H14F3N5O2. The number of rotatable bonds is 5. The topological polar surface area (TPSA) is 93.7 Å². The number of carbonyl (C=O) groups excluding carboxylic acids is 1. The van der Waals surface area contributed by atoms with E-state index in [2.05, 4.69) is 24.9 Å². The van der Waals surface area contributed by atoms with Gasteiger partial charge in [-0.3, -0.25) is 9.78 Å². The van der Waals surface area contributed by atoms with Crippen LogP contribution in [0.25, 0.3) is 22.3 Å². The number of benzene rings is 2. The van der Waals surface area contributed by atoms with Gasteiger partial charge in [-0.05, 0) is 48.5 Å². The Morgan fingerprint density at radius 2 is 1.65 bits per heavy atom. The van der Waals surface area contributed by atoms with Crippen LogP contribution in [0.2, 0.25) is 0 Å². The van der Waals surface area contributed by atoms with Gasteiger partial charge < -0.3 is 9.72 Å². The van der Waals surface area contributed by atoms with Gasteiger partial charge in [0.25, 0.3) is 0 Å². The number of nitrogens with zero attached hydrogens (tertiary/aromatic N) is 4. The van der Waals surface area contributed by atoms with E-state index in [1.807, 2.05) is 18.2 Å². The van der Waals surface area contributed by atoms with Crippen molar-refractivity contribution in [2.45, 2.75) is 6.18 Å². The minimum atomic E-state index is -4.60. The molecule has 34 heavy (non-hydrogen) atoms. The summed E-state index contributed by atoms with van der Waals surface area (Å²) in [4.78, 5) is 31.7. The van der Waals surface area contributed by atoms with Gasteiger partial charge in [0.1, 0.15) is 17.1 Å². The zero-order valence-electron chi connectivity index (χ0n) is 17.2. The van der Waals surface area contributed by atoms with Gasteiger partial charge in [-0.15, -0.1) is 0 Å². The largest absolute Gasteiger partial charge is 0.437 e. The fraction of sp³-hybridized carbons (Fsp3) is 0.0417. The van der Waals surface area contributed by atoms with Gasteiger partial charge >= 0.3 is 6.18 Å². The molecule has 7 nitrogen and oxygen atoms in total. The second-order valence-electron chi connectivity index (χ2n) is 7.20. The highest BCUT2D eigenvalue weighted by atomic mass is 19.4. The molecule has 1 N–H and O–H groups in total. The first-order valence-corrected chi connectivity index (χ1v) is 10.0. The van der Waals surface area contributed by atoms with E-state index < -0.39 is 11.9 Å². The zero-order chi connectivity index (χ0) is 23.7. The lowest BCUT2D eigenvalue weighted by Gasteiger charge is -2.11. The Labute approximate surface area is 190 Å². The normalized spacial score (nSPS) is 11.5. The summed E-state index contributed by atoms with van der Waals surface area (Å²) >= 11 is 0. The Morgan fingerprint density at radius 1 is 0.882 bits per heavy atom.